The number of nitrogen functional groups attached to an aromatic ring is 1. The summed E-state index contributed by atoms with van der Waals surface area (Å²) in [4.78, 5) is 25.7. The smallest absolute Gasteiger partial charge is 0.150 e. The van der Waals surface area contributed by atoms with Crippen molar-refractivity contribution < 1.29 is 4.79 Å². The zero-order valence-corrected chi connectivity index (χ0v) is 18.7. The van der Waals surface area contributed by atoms with Gasteiger partial charge in [-0.1, -0.05) is 62.4 Å². The van der Waals surface area contributed by atoms with Crippen molar-refractivity contribution in [3.8, 4) is 22.5 Å². The number of hydrogen-bond acceptors (Lipinski definition) is 5. The van der Waals surface area contributed by atoms with Crippen molar-refractivity contribution in [3.63, 3.8) is 0 Å². The number of carbonyl (C=O) groups excluding carboxylic acids is 1. The number of aromatic nitrogens is 4. The fourth-order valence-electron chi connectivity index (χ4n) is 4.28. The van der Waals surface area contributed by atoms with E-state index >= 15 is 0 Å². The average Bonchev–Trinajstić information content (AvgIpc) is 3.24. The van der Waals surface area contributed by atoms with Crippen LogP contribution in [0.25, 0.3) is 38.9 Å². The van der Waals surface area contributed by atoms with Gasteiger partial charge in [0.15, 0.2) is 0 Å². The molecule has 3 aromatic heterocycles. The van der Waals surface area contributed by atoms with Crippen molar-refractivity contribution in [2.75, 3.05) is 5.73 Å². The molecule has 0 saturated heterocycles. The SMILES string of the molecule is CC.Nc1nccn2c(C3CC(=O)C3)nc(-c3ccc4ccc(-c5ccccc5)nc4c3)c12. The van der Waals surface area contributed by atoms with Crippen LogP contribution in [0.5, 0.6) is 0 Å². The largest absolute Gasteiger partial charge is 0.382 e. The van der Waals surface area contributed by atoms with Crippen molar-refractivity contribution in [2.45, 2.75) is 32.6 Å². The Hall–Kier alpha value is -4.06. The molecule has 0 spiro atoms. The summed E-state index contributed by atoms with van der Waals surface area (Å²) in [5.74, 6) is 1.69. The molecule has 6 rings (SSSR count). The molecule has 0 amide bonds. The molecule has 2 aromatic carbocycles. The Bertz CT molecular complexity index is 1460. The van der Waals surface area contributed by atoms with E-state index in [-0.39, 0.29) is 11.7 Å². The summed E-state index contributed by atoms with van der Waals surface area (Å²) in [5.41, 5.74) is 11.6. The topological polar surface area (TPSA) is 86.2 Å². The maximum Gasteiger partial charge on any atom is 0.150 e. The molecule has 5 aromatic rings. The molecule has 3 heterocycles. The van der Waals surface area contributed by atoms with Crippen molar-refractivity contribution in [1.82, 2.24) is 19.4 Å². The minimum atomic E-state index is 0.124. The maximum absolute atomic E-state index is 11.6. The number of fused-ring (bicyclic) bond motifs is 2. The highest BCUT2D eigenvalue weighted by Crippen LogP contribution is 2.38. The number of nitrogens with zero attached hydrogens (tertiary/aromatic N) is 4. The number of pyridine rings is 1. The first-order valence-electron chi connectivity index (χ1n) is 11.3. The Labute approximate surface area is 192 Å². The highest BCUT2D eigenvalue weighted by molar-refractivity contribution is 5.92. The van der Waals surface area contributed by atoms with E-state index in [2.05, 4.69) is 29.2 Å². The summed E-state index contributed by atoms with van der Waals surface area (Å²) in [6, 6.07) is 20.4. The van der Waals surface area contributed by atoms with Gasteiger partial charge in [-0.2, -0.15) is 0 Å². The lowest BCUT2D eigenvalue weighted by molar-refractivity contribution is -0.124. The zero-order valence-electron chi connectivity index (χ0n) is 18.7. The third-order valence-electron chi connectivity index (χ3n) is 5.96. The number of carbonyl (C=O) groups is 1. The van der Waals surface area contributed by atoms with Gasteiger partial charge >= 0.3 is 0 Å². The zero-order chi connectivity index (χ0) is 22.9. The van der Waals surface area contributed by atoms with Gasteiger partial charge in [0.05, 0.1) is 11.2 Å². The number of imidazole rings is 1. The summed E-state index contributed by atoms with van der Waals surface area (Å²) >= 11 is 0. The fourth-order valence-corrected chi connectivity index (χ4v) is 4.28. The minimum Gasteiger partial charge on any atom is -0.382 e. The monoisotopic (exact) mass is 435 g/mol. The number of rotatable bonds is 3. The van der Waals surface area contributed by atoms with Crippen molar-refractivity contribution in [3.05, 3.63) is 78.9 Å². The minimum absolute atomic E-state index is 0.124. The van der Waals surface area contributed by atoms with Crippen LogP contribution < -0.4 is 5.73 Å². The number of Topliss-reactive ketones (excluding diaryl/α,β-unsaturated/α-hetero) is 1. The molecular formula is C27H25N5O. The van der Waals surface area contributed by atoms with E-state index in [1.807, 2.05) is 60.8 Å². The molecule has 0 bridgehead atoms. The van der Waals surface area contributed by atoms with E-state index < -0.39 is 0 Å². The normalized spacial score (nSPS) is 13.6. The van der Waals surface area contributed by atoms with Gasteiger partial charge in [0, 0.05) is 47.7 Å². The van der Waals surface area contributed by atoms with Crippen LogP contribution in [-0.4, -0.2) is 25.1 Å². The van der Waals surface area contributed by atoms with E-state index in [1.54, 1.807) is 6.20 Å². The van der Waals surface area contributed by atoms with Crippen LogP contribution in [0.3, 0.4) is 0 Å². The van der Waals surface area contributed by atoms with Crippen LogP contribution in [-0.2, 0) is 4.79 Å². The second-order valence-corrected chi connectivity index (χ2v) is 7.96. The average molecular weight is 436 g/mol. The third kappa shape index (κ3) is 3.63. The highest BCUT2D eigenvalue weighted by Gasteiger charge is 2.32. The molecule has 2 N–H and O–H groups in total. The third-order valence-corrected chi connectivity index (χ3v) is 5.96. The number of ketones is 1. The maximum atomic E-state index is 11.6. The number of benzene rings is 2. The predicted molar refractivity (Wildman–Crippen MR) is 132 cm³/mol. The molecule has 0 atom stereocenters. The summed E-state index contributed by atoms with van der Waals surface area (Å²) < 4.78 is 1.98. The molecule has 0 unspecified atom stereocenters. The van der Waals surface area contributed by atoms with Gasteiger partial charge in [0.2, 0.25) is 0 Å². The van der Waals surface area contributed by atoms with E-state index in [4.69, 9.17) is 15.7 Å². The molecule has 1 aliphatic rings. The van der Waals surface area contributed by atoms with Gasteiger partial charge < -0.3 is 5.73 Å². The van der Waals surface area contributed by atoms with Crippen molar-refractivity contribution in [1.29, 1.82) is 0 Å². The van der Waals surface area contributed by atoms with Crippen LogP contribution in [0.2, 0.25) is 0 Å². The second-order valence-electron chi connectivity index (χ2n) is 7.96. The van der Waals surface area contributed by atoms with Crippen LogP contribution >= 0.6 is 0 Å². The van der Waals surface area contributed by atoms with Crippen LogP contribution in [0.1, 0.15) is 38.4 Å². The van der Waals surface area contributed by atoms with E-state index in [0.717, 1.165) is 44.8 Å². The first kappa shape index (κ1) is 20.8. The standard InChI is InChI=1S/C25H19N5O.C2H6/c26-24-23-22(29-25(18-12-19(31)13-18)30(23)11-10-27-24)17-7-6-16-8-9-20(28-21(16)14-17)15-4-2-1-3-5-15;1-2/h1-11,14,18H,12-13H2,(H2,26,27);1-2H3. The number of nitrogens with two attached hydrogens (primary N) is 1. The van der Waals surface area contributed by atoms with Crippen LogP contribution in [0.15, 0.2) is 73.1 Å². The summed E-state index contributed by atoms with van der Waals surface area (Å²) in [6.07, 6.45) is 4.60. The van der Waals surface area contributed by atoms with Gasteiger partial charge in [-0.3, -0.25) is 9.20 Å². The molecule has 1 aliphatic carbocycles. The molecule has 0 aliphatic heterocycles. The Morgan fingerprint density at radius 1 is 0.939 bits per heavy atom. The van der Waals surface area contributed by atoms with Crippen LogP contribution in [0, 0.1) is 0 Å². The lowest BCUT2D eigenvalue weighted by atomic mass is 9.83. The van der Waals surface area contributed by atoms with Gasteiger partial charge in [-0.05, 0) is 12.1 Å². The predicted octanol–water partition coefficient (Wildman–Crippen LogP) is 5.67. The Morgan fingerprint density at radius 3 is 2.45 bits per heavy atom. The van der Waals surface area contributed by atoms with Crippen molar-refractivity contribution in [2.24, 2.45) is 0 Å². The van der Waals surface area contributed by atoms with E-state index in [0.29, 0.717) is 18.7 Å². The first-order chi connectivity index (χ1) is 16.2. The summed E-state index contributed by atoms with van der Waals surface area (Å²) in [5, 5.41) is 1.06. The molecule has 6 nitrogen and oxygen atoms in total. The molecule has 0 radical (unpaired) electrons. The van der Waals surface area contributed by atoms with Gasteiger partial charge in [-0.25, -0.2) is 15.0 Å². The quantitative estimate of drug-likeness (QED) is 0.395. The lowest BCUT2D eigenvalue weighted by Gasteiger charge is -2.22. The highest BCUT2D eigenvalue weighted by atomic mass is 16.1. The lowest BCUT2D eigenvalue weighted by Crippen LogP contribution is -2.23. The Kier molecular flexibility index (Phi) is 5.34. The number of anilines is 1. The van der Waals surface area contributed by atoms with Gasteiger partial charge in [0.25, 0.3) is 0 Å². The Balaban J connectivity index is 0.00000111. The van der Waals surface area contributed by atoms with Gasteiger partial charge in [0.1, 0.15) is 28.6 Å². The molecule has 1 fully saturated rings. The molecular weight excluding hydrogens is 410 g/mol. The van der Waals surface area contributed by atoms with E-state index in [1.165, 1.54) is 0 Å². The van der Waals surface area contributed by atoms with E-state index in [9.17, 15) is 4.79 Å². The molecule has 33 heavy (non-hydrogen) atoms. The summed E-state index contributed by atoms with van der Waals surface area (Å²) in [6.45, 7) is 4.00. The van der Waals surface area contributed by atoms with Crippen molar-refractivity contribution >= 4 is 28.0 Å². The fraction of sp³-hybridized carbons (Fsp3) is 0.185. The second kappa shape index (κ2) is 8.47. The molecule has 164 valence electrons. The molecule has 1 saturated carbocycles. The van der Waals surface area contributed by atoms with Crippen LogP contribution in [0.4, 0.5) is 5.82 Å². The Morgan fingerprint density at radius 2 is 1.70 bits per heavy atom. The summed E-state index contributed by atoms with van der Waals surface area (Å²) in [7, 11) is 0. The number of hydrogen-bond donors (Lipinski definition) is 1. The first-order valence-corrected chi connectivity index (χ1v) is 11.3. The molecule has 6 heteroatoms. The van der Waals surface area contributed by atoms with Gasteiger partial charge in [-0.15, -0.1) is 0 Å².